The molecule has 3 nitrogen and oxygen atoms in total. The third-order valence-electron chi connectivity index (χ3n) is 4.26. The van der Waals surface area contributed by atoms with E-state index in [2.05, 4.69) is 25.8 Å². The molecule has 0 aromatic rings. The van der Waals surface area contributed by atoms with Gasteiger partial charge in [0.1, 0.15) is 12.2 Å². The number of ether oxygens (including phenoxy) is 2. The summed E-state index contributed by atoms with van der Waals surface area (Å²) in [6.07, 6.45) is 6.26. The van der Waals surface area contributed by atoms with Gasteiger partial charge in [0.05, 0.1) is 5.54 Å². The second-order valence-electron chi connectivity index (χ2n) is 6.21. The van der Waals surface area contributed by atoms with E-state index < -0.39 is 0 Å². The van der Waals surface area contributed by atoms with Crippen molar-refractivity contribution in [1.29, 1.82) is 0 Å². The van der Waals surface area contributed by atoms with Crippen LogP contribution in [0.15, 0.2) is 4.99 Å². The highest BCUT2D eigenvalue weighted by atomic mass is 16.7. The van der Waals surface area contributed by atoms with E-state index in [1.165, 1.54) is 32.1 Å². The summed E-state index contributed by atoms with van der Waals surface area (Å²) in [7, 11) is 0. The zero-order valence-corrected chi connectivity index (χ0v) is 10.5. The Hall–Kier alpha value is -0.570. The van der Waals surface area contributed by atoms with E-state index in [0.717, 1.165) is 5.90 Å². The highest BCUT2D eigenvalue weighted by Gasteiger charge is 2.71. The van der Waals surface area contributed by atoms with Crippen LogP contribution in [-0.4, -0.2) is 29.2 Å². The largest absolute Gasteiger partial charge is 0.476 e. The molecule has 2 aliphatic heterocycles. The first-order valence-electron chi connectivity index (χ1n) is 6.41. The van der Waals surface area contributed by atoms with Crippen LogP contribution in [0.4, 0.5) is 0 Å². The van der Waals surface area contributed by atoms with Crippen LogP contribution >= 0.6 is 0 Å². The molecule has 0 radical (unpaired) electrons. The van der Waals surface area contributed by atoms with Crippen molar-refractivity contribution in [3.8, 4) is 0 Å². The smallest absolute Gasteiger partial charge is 0.220 e. The minimum Gasteiger partial charge on any atom is -0.476 e. The molecule has 0 amide bonds. The van der Waals surface area contributed by atoms with E-state index in [4.69, 9.17) is 9.47 Å². The zero-order valence-electron chi connectivity index (χ0n) is 10.5. The lowest BCUT2D eigenvalue weighted by Gasteiger charge is -2.21. The molecule has 0 aromatic carbocycles. The molecule has 1 spiro atoms. The molecule has 3 heteroatoms. The fourth-order valence-corrected chi connectivity index (χ4v) is 3.13. The molecule has 2 fully saturated rings. The first-order chi connectivity index (χ1) is 7.48. The van der Waals surface area contributed by atoms with E-state index in [1.54, 1.807) is 0 Å². The highest BCUT2D eigenvalue weighted by molar-refractivity contribution is 5.91. The average Bonchev–Trinajstić information content (AvgIpc) is 2.63. The van der Waals surface area contributed by atoms with Crippen molar-refractivity contribution in [2.24, 2.45) is 4.99 Å². The number of nitrogens with zero attached hydrogens (tertiary/aromatic N) is 1. The third kappa shape index (κ3) is 1.33. The maximum Gasteiger partial charge on any atom is 0.220 e. The van der Waals surface area contributed by atoms with Gasteiger partial charge >= 0.3 is 0 Å². The fraction of sp³-hybridized carbons (Fsp3) is 0.923. The Balaban J connectivity index is 1.82. The van der Waals surface area contributed by atoms with Gasteiger partial charge in [0.2, 0.25) is 5.90 Å². The van der Waals surface area contributed by atoms with E-state index in [-0.39, 0.29) is 16.7 Å². The van der Waals surface area contributed by atoms with Crippen molar-refractivity contribution in [3.05, 3.63) is 0 Å². The van der Waals surface area contributed by atoms with Gasteiger partial charge in [-0.1, -0.05) is 19.3 Å². The number of aliphatic imine (C=N–C) groups is 1. The van der Waals surface area contributed by atoms with Gasteiger partial charge < -0.3 is 9.47 Å². The number of hydrogen-bond donors (Lipinski definition) is 0. The first kappa shape index (κ1) is 10.6. The van der Waals surface area contributed by atoms with Crippen LogP contribution in [0.25, 0.3) is 0 Å². The highest BCUT2D eigenvalue weighted by Crippen LogP contribution is 2.58. The van der Waals surface area contributed by atoms with E-state index >= 15 is 0 Å². The van der Waals surface area contributed by atoms with Crippen LogP contribution in [-0.2, 0) is 9.47 Å². The van der Waals surface area contributed by atoms with E-state index in [0.29, 0.717) is 6.61 Å². The SMILES string of the molecule is CC1(C)COC([C@]2(C)OC23CCCCC3)=N1. The van der Waals surface area contributed by atoms with Crippen LogP contribution in [0.1, 0.15) is 52.9 Å². The van der Waals surface area contributed by atoms with Crippen molar-refractivity contribution in [1.82, 2.24) is 0 Å². The summed E-state index contributed by atoms with van der Waals surface area (Å²) in [6, 6.07) is 0. The van der Waals surface area contributed by atoms with Crippen molar-refractivity contribution in [3.63, 3.8) is 0 Å². The predicted octanol–water partition coefficient (Wildman–Crippen LogP) is 2.69. The van der Waals surface area contributed by atoms with Gasteiger partial charge in [-0.2, -0.15) is 0 Å². The van der Waals surface area contributed by atoms with Crippen molar-refractivity contribution < 1.29 is 9.47 Å². The average molecular weight is 223 g/mol. The molecule has 16 heavy (non-hydrogen) atoms. The minimum absolute atomic E-state index is 0.0600. The summed E-state index contributed by atoms with van der Waals surface area (Å²) in [6.45, 7) is 7.06. The lowest BCUT2D eigenvalue weighted by molar-refractivity contribution is 0.224. The molecule has 1 saturated carbocycles. The van der Waals surface area contributed by atoms with Crippen molar-refractivity contribution in [2.45, 2.75) is 69.6 Å². The molecule has 1 saturated heterocycles. The zero-order chi connectivity index (χ0) is 11.4. The van der Waals surface area contributed by atoms with Gasteiger partial charge in [-0.3, -0.25) is 0 Å². The molecule has 1 aliphatic carbocycles. The fourth-order valence-electron chi connectivity index (χ4n) is 3.13. The molecule has 2 heterocycles. The van der Waals surface area contributed by atoms with Gasteiger partial charge in [-0.25, -0.2) is 4.99 Å². The summed E-state index contributed by atoms with van der Waals surface area (Å²) in [5, 5.41) is 0. The summed E-state index contributed by atoms with van der Waals surface area (Å²) >= 11 is 0. The van der Waals surface area contributed by atoms with Crippen molar-refractivity contribution >= 4 is 5.90 Å². The summed E-state index contributed by atoms with van der Waals surface area (Å²) < 4.78 is 11.8. The second kappa shape index (κ2) is 3.00. The second-order valence-corrected chi connectivity index (χ2v) is 6.21. The molecular formula is C13H21NO2. The van der Waals surface area contributed by atoms with E-state index in [1.807, 2.05) is 0 Å². The van der Waals surface area contributed by atoms with Crippen LogP contribution in [0, 0.1) is 0 Å². The van der Waals surface area contributed by atoms with E-state index in [9.17, 15) is 0 Å². The third-order valence-corrected chi connectivity index (χ3v) is 4.26. The Kier molecular flexibility index (Phi) is 1.99. The quantitative estimate of drug-likeness (QED) is 0.640. The molecule has 3 aliphatic rings. The molecule has 1 atom stereocenters. The summed E-state index contributed by atoms with van der Waals surface area (Å²) in [5.41, 5.74) is -0.230. The number of hydrogen-bond acceptors (Lipinski definition) is 3. The predicted molar refractivity (Wildman–Crippen MR) is 62.8 cm³/mol. The van der Waals surface area contributed by atoms with Gasteiger partial charge in [-0.15, -0.1) is 0 Å². The molecule has 90 valence electrons. The van der Waals surface area contributed by atoms with Crippen LogP contribution < -0.4 is 0 Å². The molecular weight excluding hydrogens is 202 g/mol. The Labute approximate surface area is 97.2 Å². The molecule has 3 rings (SSSR count). The lowest BCUT2D eigenvalue weighted by atomic mass is 9.80. The molecule has 0 bridgehead atoms. The standard InChI is InChI=1S/C13H21NO2/c1-11(2)9-15-10(14-11)12(3)13(16-12)7-5-4-6-8-13/h4-9H2,1-3H3/t12-/m0/s1. The Morgan fingerprint density at radius 3 is 2.31 bits per heavy atom. The number of epoxide rings is 1. The molecule has 0 N–H and O–H groups in total. The van der Waals surface area contributed by atoms with Gasteiger partial charge in [0.25, 0.3) is 0 Å². The maximum absolute atomic E-state index is 6.05. The summed E-state index contributed by atoms with van der Waals surface area (Å²) in [5.74, 6) is 0.847. The molecule has 0 unspecified atom stereocenters. The van der Waals surface area contributed by atoms with Gasteiger partial charge in [0.15, 0.2) is 5.60 Å². The summed E-state index contributed by atoms with van der Waals surface area (Å²) in [4.78, 5) is 4.67. The van der Waals surface area contributed by atoms with Crippen molar-refractivity contribution in [2.75, 3.05) is 6.61 Å². The van der Waals surface area contributed by atoms with Crippen LogP contribution in [0.3, 0.4) is 0 Å². The maximum atomic E-state index is 6.05. The first-order valence-corrected chi connectivity index (χ1v) is 6.41. The minimum atomic E-state index is -0.221. The van der Waals surface area contributed by atoms with Crippen LogP contribution in [0.2, 0.25) is 0 Å². The Morgan fingerprint density at radius 1 is 1.06 bits per heavy atom. The topological polar surface area (TPSA) is 34.1 Å². The lowest BCUT2D eigenvalue weighted by Crippen LogP contribution is -2.33. The monoisotopic (exact) mass is 223 g/mol. The normalized spacial score (nSPS) is 39.3. The Morgan fingerprint density at radius 2 is 1.75 bits per heavy atom. The Bertz CT molecular complexity index is 342. The van der Waals surface area contributed by atoms with Gasteiger partial charge in [-0.05, 0) is 33.6 Å². The van der Waals surface area contributed by atoms with Gasteiger partial charge in [0, 0.05) is 0 Å². The number of rotatable bonds is 1. The van der Waals surface area contributed by atoms with Crippen LogP contribution in [0.5, 0.6) is 0 Å². The molecule has 0 aromatic heterocycles.